The Balaban J connectivity index is 1.52. The van der Waals surface area contributed by atoms with E-state index in [1.807, 2.05) is 115 Å². The molecule has 4 aromatic rings. The maximum Gasteiger partial charge on any atom is 0.246 e. The van der Waals surface area contributed by atoms with Gasteiger partial charge in [0.15, 0.2) is 0 Å². The molecule has 0 atom stereocenters. The van der Waals surface area contributed by atoms with E-state index in [4.69, 9.17) is 17.3 Å². The maximum atomic E-state index is 13.1. The zero-order valence-corrected chi connectivity index (χ0v) is 23.3. The average Bonchev–Trinajstić information content (AvgIpc) is 3.20. The van der Waals surface area contributed by atoms with Crippen LogP contribution in [-0.2, 0) is 21.9 Å². The first kappa shape index (κ1) is 27.3. The first-order chi connectivity index (χ1) is 18.3. The van der Waals surface area contributed by atoms with E-state index in [2.05, 4.69) is 5.32 Å². The van der Waals surface area contributed by atoms with Crippen LogP contribution < -0.4 is 10.2 Å². The second-order valence-corrected chi connectivity index (χ2v) is 10.4. The minimum Gasteiger partial charge on any atom is -0.324 e. The predicted molar refractivity (Wildman–Crippen MR) is 157 cm³/mol. The van der Waals surface area contributed by atoms with Crippen molar-refractivity contribution in [2.24, 2.45) is 0 Å². The summed E-state index contributed by atoms with van der Waals surface area (Å²) in [6.07, 6.45) is 0. The zero-order chi connectivity index (χ0) is 27.1. The molecule has 0 bridgehead atoms. The minimum atomic E-state index is -0.210. The molecule has 2 amide bonds. The van der Waals surface area contributed by atoms with Crippen molar-refractivity contribution in [3.8, 4) is 5.69 Å². The number of carbonyl (C=O) groups excluding carboxylic acids is 2. The van der Waals surface area contributed by atoms with Gasteiger partial charge in [-0.2, -0.15) is 5.10 Å². The van der Waals surface area contributed by atoms with Crippen LogP contribution in [0.5, 0.6) is 0 Å². The molecule has 1 heterocycles. The molecule has 9 heteroatoms. The van der Waals surface area contributed by atoms with Crippen LogP contribution in [0, 0.1) is 11.7 Å². The number of amides is 2. The van der Waals surface area contributed by atoms with Crippen LogP contribution in [-0.4, -0.2) is 38.0 Å². The highest BCUT2D eigenvalue weighted by atomic mass is 32.2. The van der Waals surface area contributed by atoms with Crippen LogP contribution in [0.1, 0.15) is 25.2 Å². The standard InChI is InChI=1S/C29H31N5O2S2/c1-21(2)33(23-13-6-4-7-14-23)28(36)20-38-19-26-31-32(29(37)34(26)24-15-8-5-9-16-24)18-27(35)30-25-17-11-10-12-22(25)3/h4-17,21H,18-20H2,1-3H3,(H,30,35). The molecule has 1 aromatic heterocycles. The summed E-state index contributed by atoms with van der Waals surface area (Å²) in [7, 11) is 0. The quantitative estimate of drug-likeness (QED) is 0.247. The van der Waals surface area contributed by atoms with E-state index in [9.17, 15) is 9.59 Å². The number of thioether (sulfide) groups is 1. The number of nitrogens with one attached hydrogen (secondary N) is 1. The highest BCUT2D eigenvalue weighted by Gasteiger charge is 2.20. The highest BCUT2D eigenvalue weighted by Crippen LogP contribution is 2.21. The van der Waals surface area contributed by atoms with Gasteiger partial charge in [-0.3, -0.25) is 14.2 Å². The summed E-state index contributed by atoms with van der Waals surface area (Å²) in [6, 6.07) is 27.0. The molecule has 38 heavy (non-hydrogen) atoms. The summed E-state index contributed by atoms with van der Waals surface area (Å²) < 4.78 is 3.83. The van der Waals surface area contributed by atoms with Crippen LogP contribution in [0.4, 0.5) is 11.4 Å². The summed E-state index contributed by atoms with van der Waals surface area (Å²) >= 11 is 7.22. The maximum absolute atomic E-state index is 13.1. The van der Waals surface area contributed by atoms with Gasteiger partial charge in [-0.1, -0.05) is 54.6 Å². The van der Waals surface area contributed by atoms with Crippen molar-refractivity contribution in [3.05, 3.63) is 101 Å². The van der Waals surface area contributed by atoms with E-state index in [1.54, 1.807) is 0 Å². The van der Waals surface area contributed by atoms with Gasteiger partial charge in [0.1, 0.15) is 12.4 Å². The summed E-state index contributed by atoms with van der Waals surface area (Å²) in [6.45, 7) is 5.94. The van der Waals surface area contributed by atoms with Crippen LogP contribution in [0.3, 0.4) is 0 Å². The first-order valence-corrected chi connectivity index (χ1v) is 14.0. The van der Waals surface area contributed by atoms with Gasteiger partial charge < -0.3 is 10.2 Å². The molecule has 0 aliphatic carbocycles. The fourth-order valence-electron chi connectivity index (χ4n) is 4.14. The van der Waals surface area contributed by atoms with Crippen LogP contribution in [0.2, 0.25) is 0 Å². The number of anilines is 2. The first-order valence-electron chi connectivity index (χ1n) is 12.4. The van der Waals surface area contributed by atoms with Crippen molar-refractivity contribution in [1.82, 2.24) is 14.3 Å². The van der Waals surface area contributed by atoms with E-state index < -0.39 is 0 Å². The average molecular weight is 546 g/mol. The molecule has 0 spiro atoms. The molecule has 0 fully saturated rings. The third kappa shape index (κ3) is 6.59. The third-order valence-corrected chi connectivity index (χ3v) is 7.22. The van der Waals surface area contributed by atoms with Crippen molar-refractivity contribution in [2.45, 2.75) is 39.1 Å². The monoisotopic (exact) mass is 545 g/mol. The minimum absolute atomic E-state index is 0.0151. The van der Waals surface area contributed by atoms with Gasteiger partial charge in [-0.05, 0) is 68.9 Å². The Morgan fingerprint density at radius 2 is 1.61 bits per heavy atom. The number of aromatic nitrogens is 3. The Morgan fingerprint density at radius 3 is 2.26 bits per heavy atom. The van der Waals surface area contributed by atoms with Crippen LogP contribution >= 0.6 is 24.0 Å². The third-order valence-electron chi connectivity index (χ3n) is 5.91. The molecule has 196 valence electrons. The van der Waals surface area contributed by atoms with Gasteiger partial charge in [-0.25, -0.2) is 4.68 Å². The van der Waals surface area contributed by atoms with Crippen molar-refractivity contribution in [2.75, 3.05) is 16.0 Å². The molecule has 0 saturated heterocycles. The Morgan fingerprint density at radius 1 is 0.974 bits per heavy atom. The lowest BCUT2D eigenvalue weighted by Gasteiger charge is -2.26. The number of carbonyl (C=O) groups is 2. The number of nitrogens with zero attached hydrogens (tertiary/aromatic N) is 4. The van der Waals surface area contributed by atoms with E-state index in [-0.39, 0.29) is 30.2 Å². The van der Waals surface area contributed by atoms with Gasteiger partial charge in [0.25, 0.3) is 0 Å². The SMILES string of the molecule is Cc1ccccc1NC(=O)Cn1nc(CSCC(=O)N(c2ccccc2)C(C)C)n(-c2ccccc2)c1=S. The second-order valence-electron chi connectivity index (χ2n) is 9.08. The lowest BCUT2D eigenvalue weighted by molar-refractivity contribution is -0.117. The van der Waals surface area contributed by atoms with Crippen molar-refractivity contribution < 1.29 is 9.59 Å². The van der Waals surface area contributed by atoms with Gasteiger partial charge >= 0.3 is 0 Å². The molecular weight excluding hydrogens is 514 g/mol. The molecule has 1 N–H and O–H groups in total. The van der Waals surface area contributed by atoms with Crippen LogP contribution in [0.15, 0.2) is 84.9 Å². The largest absolute Gasteiger partial charge is 0.324 e. The smallest absolute Gasteiger partial charge is 0.246 e. The van der Waals surface area contributed by atoms with E-state index in [1.165, 1.54) is 16.4 Å². The lowest BCUT2D eigenvalue weighted by Crippen LogP contribution is -2.38. The topological polar surface area (TPSA) is 72.2 Å². The molecule has 0 radical (unpaired) electrons. The fraction of sp³-hybridized carbons (Fsp3) is 0.241. The number of hydrogen-bond donors (Lipinski definition) is 1. The van der Waals surface area contributed by atoms with Gasteiger partial charge in [0, 0.05) is 23.1 Å². The van der Waals surface area contributed by atoms with Crippen molar-refractivity contribution >= 4 is 47.2 Å². The number of aryl methyl sites for hydroxylation is 1. The Labute approximate surface area is 232 Å². The van der Waals surface area contributed by atoms with E-state index in [0.29, 0.717) is 16.3 Å². The molecule has 7 nitrogen and oxygen atoms in total. The molecule has 0 saturated carbocycles. The Kier molecular flexibility index (Phi) is 9.15. The highest BCUT2D eigenvalue weighted by molar-refractivity contribution is 7.99. The number of rotatable bonds is 10. The number of benzene rings is 3. The predicted octanol–water partition coefficient (Wildman–Crippen LogP) is 6.03. The van der Waals surface area contributed by atoms with Gasteiger partial charge in [0.2, 0.25) is 16.6 Å². The summed E-state index contributed by atoms with van der Waals surface area (Å²) in [5, 5.41) is 7.63. The van der Waals surface area contributed by atoms with E-state index in [0.717, 1.165) is 22.6 Å². The fourth-order valence-corrected chi connectivity index (χ4v) is 5.24. The van der Waals surface area contributed by atoms with Crippen molar-refractivity contribution in [1.29, 1.82) is 0 Å². The van der Waals surface area contributed by atoms with Crippen molar-refractivity contribution in [3.63, 3.8) is 0 Å². The van der Waals surface area contributed by atoms with E-state index >= 15 is 0 Å². The van der Waals surface area contributed by atoms with Crippen LogP contribution in [0.25, 0.3) is 5.69 Å². The second kappa shape index (κ2) is 12.7. The van der Waals surface area contributed by atoms with Gasteiger partial charge in [-0.15, -0.1) is 11.8 Å². The zero-order valence-electron chi connectivity index (χ0n) is 21.7. The summed E-state index contributed by atoms with van der Waals surface area (Å²) in [5.41, 5.74) is 3.48. The molecule has 3 aromatic carbocycles. The molecule has 0 aliphatic rings. The molecular formula is C29H31N5O2S2. The van der Waals surface area contributed by atoms with Gasteiger partial charge in [0.05, 0.1) is 11.5 Å². The Bertz CT molecular complexity index is 1450. The lowest BCUT2D eigenvalue weighted by atomic mass is 10.2. The number of hydrogen-bond acceptors (Lipinski definition) is 5. The summed E-state index contributed by atoms with van der Waals surface area (Å²) in [4.78, 5) is 27.8. The molecule has 0 unspecified atom stereocenters. The molecule has 4 rings (SSSR count). The molecule has 0 aliphatic heterocycles. The normalized spacial score (nSPS) is 10.9. The number of para-hydroxylation sites is 3. The summed E-state index contributed by atoms with van der Waals surface area (Å²) in [5.74, 6) is 1.24. The Hall–Kier alpha value is -3.69.